The summed E-state index contributed by atoms with van der Waals surface area (Å²) in [5.41, 5.74) is 3.77. The summed E-state index contributed by atoms with van der Waals surface area (Å²) in [7, 11) is 1.94. The molecule has 0 aliphatic rings. The van der Waals surface area contributed by atoms with Gasteiger partial charge in [-0.2, -0.15) is 5.26 Å². The Morgan fingerprint density at radius 1 is 1.16 bits per heavy atom. The SMILES string of the molecule is CCc1ccc(N(C)c2cc(Cl)ccc2C#N)cc1. The average Bonchev–Trinajstić information content (AvgIpc) is 2.46. The third kappa shape index (κ3) is 2.89. The highest BCUT2D eigenvalue weighted by atomic mass is 35.5. The maximum Gasteiger partial charge on any atom is 0.101 e. The summed E-state index contributed by atoms with van der Waals surface area (Å²) >= 11 is 6.02. The first-order valence-corrected chi connectivity index (χ1v) is 6.56. The molecule has 2 nitrogen and oxygen atoms in total. The van der Waals surface area contributed by atoms with Crippen LogP contribution in [0.15, 0.2) is 42.5 Å². The van der Waals surface area contributed by atoms with Crippen molar-refractivity contribution in [2.45, 2.75) is 13.3 Å². The summed E-state index contributed by atoms with van der Waals surface area (Å²) in [6, 6.07) is 15.8. The molecule has 0 aromatic heterocycles. The minimum absolute atomic E-state index is 0.617. The van der Waals surface area contributed by atoms with Gasteiger partial charge < -0.3 is 4.90 Å². The van der Waals surface area contributed by atoms with Crippen molar-refractivity contribution in [2.24, 2.45) is 0 Å². The molecule has 0 bridgehead atoms. The summed E-state index contributed by atoms with van der Waals surface area (Å²) in [5, 5.41) is 9.80. The number of rotatable bonds is 3. The third-order valence-corrected chi connectivity index (χ3v) is 3.41. The first-order chi connectivity index (χ1) is 9.15. The minimum Gasteiger partial charge on any atom is -0.344 e. The number of anilines is 2. The van der Waals surface area contributed by atoms with Crippen molar-refractivity contribution < 1.29 is 0 Å². The number of nitriles is 1. The van der Waals surface area contributed by atoms with Crippen molar-refractivity contribution in [2.75, 3.05) is 11.9 Å². The zero-order chi connectivity index (χ0) is 13.8. The van der Waals surface area contributed by atoms with E-state index < -0.39 is 0 Å². The molecular formula is C16H15ClN2. The Balaban J connectivity index is 2.40. The Kier molecular flexibility index (Phi) is 4.09. The predicted molar refractivity (Wildman–Crippen MR) is 80.1 cm³/mol. The van der Waals surface area contributed by atoms with Crippen molar-refractivity contribution in [3.8, 4) is 6.07 Å². The first kappa shape index (κ1) is 13.5. The van der Waals surface area contributed by atoms with E-state index in [1.807, 2.05) is 18.0 Å². The highest BCUT2D eigenvalue weighted by Crippen LogP contribution is 2.29. The summed E-state index contributed by atoms with van der Waals surface area (Å²) < 4.78 is 0. The van der Waals surface area contributed by atoms with Crippen LogP contribution in [0.25, 0.3) is 0 Å². The lowest BCUT2D eigenvalue weighted by Crippen LogP contribution is -2.11. The Bertz CT molecular complexity index is 612. The molecule has 0 amide bonds. The van der Waals surface area contributed by atoms with E-state index >= 15 is 0 Å². The van der Waals surface area contributed by atoms with Crippen molar-refractivity contribution >= 4 is 23.0 Å². The average molecular weight is 271 g/mol. The van der Waals surface area contributed by atoms with Gasteiger partial charge in [-0.25, -0.2) is 0 Å². The smallest absolute Gasteiger partial charge is 0.101 e. The molecular weight excluding hydrogens is 256 g/mol. The Hall–Kier alpha value is -1.98. The number of benzene rings is 2. The Morgan fingerprint density at radius 2 is 1.84 bits per heavy atom. The van der Waals surface area contributed by atoms with E-state index in [9.17, 15) is 0 Å². The van der Waals surface area contributed by atoms with Gasteiger partial charge in [-0.1, -0.05) is 30.7 Å². The molecule has 2 aromatic rings. The molecule has 19 heavy (non-hydrogen) atoms. The van der Waals surface area contributed by atoms with Gasteiger partial charge >= 0.3 is 0 Å². The van der Waals surface area contributed by atoms with Gasteiger partial charge in [0.15, 0.2) is 0 Å². The zero-order valence-electron chi connectivity index (χ0n) is 11.0. The molecule has 2 rings (SSSR count). The van der Waals surface area contributed by atoms with Crippen LogP contribution >= 0.6 is 11.6 Å². The fraction of sp³-hybridized carbons (Fsp3) is 0.188. The van der Waals surface area contributed by atoms with Crippen LogP contribution in [0.5, 0.6) is 0 Å². The topological polar surface area (TPSA) is 27.0 Å². The Morgan fingerprint density at radius 3 is 2.42 bits per heavy atom. The Labute approximate surface area is 118 Å². The molecule has 0 atom stereocenters. The van der Waals surface area contributed by atoms with E-state index in [0.717, 1.165) is 17.8 Å². The highest BCUT2D eigenvalue weighted by Gasteiger charge is 2.09. The number of hydrogen-bond donors (Lipinski definition) is 0. The van der Waals surface area contributed by atoms with Gasteiger partial charge in [0.1, 0.15) is 6.07 Å². The van der Waals surface area contributed by atoms with Crippen molar-refractivity contribution in [1.82, 2.24) is 0 Å². The number of hydrogen-bond acceptors (Lipinski definition) is 2. The molecule has 0 saturated carbocycles. The third-order valence-electron chi connectivity index (χ3n) is 3.17. The summed E-state index contributed by atoms with van der Waals surface area (Å²) in [4.78, 5) is 1.98. The van der Waals surface area contributed by atoms with Crippen LogP contribution in [0.1, 0.15) is 18.1 Å². The molecule has 0 fully saturated rings. The lowest BCUT2D eigenvalue weighted by molar-refractivity contribution is 1.13. The van der Waals surface area contributed by atoms with Gasteiger partial charge in [-0.3, -0.25) is 0 Å². The van der Waals surface area contributed by atoms with Gasteiger partial charge in [0, 0.05) is 17.8 Å². The summed E-state index contributed by atoms with van der Waals surface area (Å²) in [5.74, 6) is 0. The maximum atomic E-state index is 9.17. The number of aryl methyl sites for hydroxylation is 1. The van der Waals surface area contributed by atoms with Crippen molar-refractivity contribution in [3.05, 3.63) is 58.6 Å². The van der Waals surface area contributed by atoms with E-state index in [-0.39, 0.29) is 0 Å². The highest BCUT2D eigenvalue weighted by molar-refractivity contribution is 6.30. The fourth-order valence-electron chi connectivity index (χ4n) is 1.97. The molecule has 0 aliphatic carbocycles. The van der Waals surface area contributed by atoms with Crippen molar-refractivity contribution in [1.29, 1.82) is 5.26 Å². The molecule has 0 radical (unpaired) electrons. The van der Waals surface area contributed by atoms with Gasteiger partial charge in [-0.15, -0.1) is 0 Å². The van der Waals surface area contributed by atoms with Gasteiger partial charge in [0.05, 0.1) is 11.3 Å². The molecule has 0 heterocycles. The lowest BCUT2D eigenvalue weighted by atomic mass is 10.1. The van der Waals surface area contributed by atoms with Crippen LogP contribution < -0.4 is 4.90 Å². The first-order valence-electron chi connectivity index (χ1n) is 6.18. The molecule has 0 N–H and O–H groups in total. The lowest BCUT2D eigenvalue weighted by Gasteiger charge is -2.21. The monoisotopic (exact) mass is 270 g/mol. The molecule has 0 unspecified atom stereocenters. The molecule has 0 aliphatic heterocycles. The van der Waals surface area contributed by atoms with Gasteiger partial charge in [0.25, 0.3) is 0 Å². The van der Waals surface area contributed by atoms with Crippen molar-refractivity contribution in [3.63, 3.8) is 0 Å². The quantitative estimate of drug-likeness (QED) is 0.819. The second-order valence-corrected chi connectivity index (χ2v) is 4.79. The van der Waals surface area contributed by atoms with E-state index in [4.69, 9.17) is 16.9 Å². The molecule has 0 spiro atoms. The molecule has 3 heteroatoms. The molecule has 0 saturated heterocycles. The van der Waals surface area contributed by atoms with E-state index in [1.165, 1.54) is 5.56 Å². The standard InChI is InChI=1S/C16H15ClN2/c1-3-12-4-8-15(9-5-12)19(2)16-10-14(17)7-6-13(16)11-18/h4-10H,3H2,1-2H3. The largest absolute Gasteiger partial charge is 0.344 e. The molecule has 2 aromatic carbocycles. The second-order valence-electron chi connectivity index (χ2n) is 4.35. The van der Waals surface area contributed by atoms with Gasteiger partial charge in [0.2, 0.25) is 0 Å². The van der Waals surface area contributed by atoms with Crippen LogP contribution in [0.4, 0.5) is 11.4 Å². The normalized spacial score (nSPS) is 10.0. The van der Waals surface area contributed by atoms with E-state index in [2.05, 4.69) is 37.3 Å². The zero-order valence-corrected chi connectivity index (χ0v) is 11.8. The molecule has 96 valence electrons. The van der Waals surface area contributed by atoms with E-state index in [0.29, 0.717) is 10.6 Å². The fourth-order valence-corrected chi connectivity index (χ4v) is 2.14. The van der Waals surface area contributed by atoms with Crippen LogP contribution in [-0.4, -0.2) is 7.05 Å². The summed E-state index contributed by atoms with van der Waals surface area (Å²) in [6.07, 6.45) is 1.02. The van der Waals surface area contributed by atoms with Gasteiger partial charge in [-0.05, 0) is 42.3 Å². The predicted octanol–water partition coefficient (Wildman–Crippen LogP) is 4.54. The van der Waals surface area contributed by atoms with Crippen LogP contribution in [-0.2, 0) is 6.42 Å². The van der Waals surface area contributed by atoms with Crippen LogP contribution in [0.3, 0.4) is 0 Å². The minimum atomic E-state index is 0.617. The second kappa shape index (κ2) is 5.77. The van der Waals surface area contributed by atoms with Crippen LogP contribution in [0.2, 0.25) is 5.02 Å². The van der Waals surface area contributed by atoms with E-state index in [1.54, 1.807) is 12.1 Å². The number of nitrogens with zero attached hydrogens (tertiary/aromatic N) is 2. The summed E-state index contributed by atoms with van der Waals surface area (Å²) in [6.45, 7) is 2.13. The van der Waals surface area contributed by atoms with Crippen LogP contribution in [0, 0.1) is 11.3 Å². The number of halogens is 1. The maximum absolute atomic E-state index is 9.17.